The molecule has 14 heavy (non-hydrogen) atoms. The number of nitrogens with zero attached hydrogens (tertiary/aromatic N) is 1. The molecule has 0 aromatic rings. The van der Waals surface area contributed by atoms with E-state index in [0.717, 1.165) is 6.42 Å². The van der Waals surface area contributed by atoms with Crippen LogP contribution in [-0.4, -0.2) is 38.4 Å². The van der Waals surface area contributed by atoms with Gasteiger partial charge in [-0.25, -0.2) is 0 Å². The fourth-order valence-electron chi connectivity index (χ4n) is 1.58. The molecular formula is C8H19N3O2S. The van der Waals surface area contributed by atoms with E-state index in [9.17, 15) is 8.42 Å². The van der Waals surface area contributed by atoms with Gasteiger partial charge in [-0.2, -0.15) is 17.4 Å². The zero-order chi connectivity index (χ0) is 10.8. The minimum Gasteiger partial charge on any atom is -0.330 e. The van der Waals surface area contributed by atoms with Crippen LogP contribution in [0.5, 0.6) is 0 Å². The molecule has 0 aromatic heterocycles. The number of nitrogens with two attached hydrogens (primary N) is 1. The summed E-state index contributed by atoms with van der Waals surface area (Å²) >= 11 is 0. The van der Waals surface area contributed by atoms with Gasteiger partial charge in [0.05, 0.1) is 0 Å². The van der Waals surface area contributed by atoms with Crippen molar-refractivity contribution in [3.8, 4) is 0 Å². The number of hydrogen-bond acceptors (Lipinski definition) is 3. The summed E-state index contributed by atoms with van der Waals surface area (Å²) in [6.07, 6.45) is 0.871. The maximum absolute atomic E-state index is 11.7. The standard InChI is InChI=1S/C8H19N3O2S/c1-7(2)10-14(12,13)11-4-3-8(5-9)6-11/h7-8,10H,3-6,9H2,1-2H3. The average Bonchev–Trinajstić information content (AvgIpc) is 2.49. The summed E-state index contributed by atoms with van der Waals surface area (Å²) in [5.41, 5.74) is 5.50. The molecular weight excluding hydrogens is 202 g/mol. The van der Waals surface area contributed by atoms with Gasteiger partial charge in [-0.1, -0.05) is 0 Å². The summed E-state index contributed by atoms with van der Waals surface area (Å²) in [7, 11) is -3.27. The zero-order valence-corrected chi connectivity index (χ0v) is 9.55. The minimum atomic E-state index is -3.27. The summed E-state index contributed by atoms with van der Waals surface area (Å²) < 4.78 is 27.4. The molecule has 1 unspecified atom stereocenters. The lowest BCUT2D eigenvalue weighted by atomic mass is 10.1. The Morgan fingerprint density at radius 1 is 1.57 bits per heavy atom. The average molecular weight is 221 g/mol. The maximum atomic E-state index is 11.7. The lowest BCUT2D eigenvalue weighted by Gasteiger charge is -2.18. The van der Waals surface area contributed by atoms with Crippen molar-refractivity contribution in [3.05, 3.63) is 0 Å². The van der Waals surface area contributed by atoms with Gasteiger partial charge in [0.1, 0.15) is 0 Å². The topological polar surface area (TPSA) is 75.4 Å². The minimum absolute atomic E-state index is 0.0584. The van der Waals surface area contributed by atoms with Crippen LogP contribution in [0.15, 0.2) is 0 Å². The van der Waals surface area contributed by atoms with Crippen molar-refractivity contribution in [2.24, 2.45) is 11.7 Å². The molecule has 1 atom stereocenters. The molecule has 1 fully saturated rings. The first-order valence-corrected chi connectivity index (χ1v) is 6.37. The summed E-state index contributed by atoms with van der Waals surface area (Å²) in [4.78, 5) is 0. The highest BCUT2D eigenvalue weighted by Gasteiger charge is 2.30. The highest BCUT2D eigenvalue weighted by Crippen LogP contribution is 2.17. The SMILES string of the molecule is CC(C)NS(=O)(=O)N1CCC(CN)C1. The van der Waals surface area contributed by atoms with Crippen LogP contribution in [0.25, 0.3) is 0 Å². The zero-order valence-electron chi connectivity index (χ0n) is 8.73. The van der Waals surface area contributed by atoms with Crippen molar-refractivity contribution in [1.29, 1.82) is 0 Å². The van der Waals surface area contributed by atoms with Gasteiger partial charge in [-0.15, -0.1) is 0 Å². The fraction of sp³-hybridized carbons (Fsp3) is 1.00. The Labute approximate surface area is 85.8 Å². The predicted octanol–water partition coefficient (Wildman–Crippen LogP) is -0.490. The van der Waals surface area contributed by atoms with E-state index in [1.807, 2.05) is 13.8 Å². The highest BCUT2D eigenvalue weighted by molar-refractivity contribution is 7.87. The van der Waals surface area contributed by atoms with E-state index in [1.165, 1.54) is 4.31 Å². The number of rotatable bonds is 4. The van der Waals surface area contributed by atoms with Gasteiger partial charge < -0.3 is 5.73 Å². The smallest absolute Gasteiger partial charge is 0.279 e. The highest BCUT2D eigenvalue weighted by atomic mass is 32.2. The van der Waals surface area contributed by atoms with Crippen molar-refractivity contribution in [1.82, 2.24) is 9.03 Å². The van der Waals surface area contributed by atoms with E-state index in [1.54, 1.807) is 0 Å². The summed E-state index contributed by atoms with van der Waals surface area (Å²) in [5.74, 6) is 0.318. The Hall–Kier alpha value is -0.170. The Morgan fingerprint density at radius 3 is 2.64 bits per heavy atom. The van der Waals surface area contributed by atoms with E-state index in [4.69, 9.17) is 5.73 Å². The molecule has 3 N–H and O–H groups in total. The lowest BCUT2D eigenvalue weighted by molar-refractivity contribution is 0.443. The van der Waals surface area contributed by atoms with E-state index in [2.05, 4.69) is 4.72 Å². The van der Waals surface area contributed by atoms with Gasteiger partial charge in [-0.3, -0.25) is 0 Å². The van der Waals surface area contributed by atoms with E-state index in [-0.39, 0.29) is 6.04 Å². The first kappa shape index (κ1) is 11.9. The molecule has 1 heterocycles. The van der Waals surface area contributed by atoms with Crippen LogP contribution >= 0.6 is 0 Å². The third-order valence-electron chi connectivity index (χ3n) is 2.31. The second-order valence-electron chi connectivity index (χ2n) is 4.03. The molecule has 0 saturated carbocycles. The Bertz CT molecular complexity index is 276. The molecule has 0 aromatic carbocycles. The first-order valence-electron chi connectivity index (χ1n) is 4.93. The van der Waals surface area contributed by atoms with Crippen LogP contribution in [0.3, 0.4) is 0 Å². The molecule has 0 amide bonds. The van der Waals surface area contributed by atoms with Crippen LogP contribution in [-0.2, 0) is 10.2 Å². The van der Waals surface area contributed by atoms with Crippen LogP contribution in [0, 0.1) is 5.92 Å². The van der Waals surface area contributed by atoms with Crippen molar-refractivity contribution in [2.45, 2.75) is 26.3 Å². The summed E-state index contributed by atoms with van der Waals surface area (Å²) in [6.45, 7) is 5.33. The van der Waals surface area contributed by atoms with E-state index in [0.29, 0.717) is 25.6 Å². The molecule has 0 spiro atoms. The second kappa shape index (κ2) is 4.57. The van der Waals surface area contributed by atoms with Crippen LogP contribution in [0.4, 0.5) is 0 Å². The monoisotopic (exact) mass is 221 g/mol. The molecule has 0 aliphatic carbocycles. The van der Waals surface area contributed by atoms with E-state index >= 15 is 0 Å². The Kier molecular flexibility index (Phi) is 3.88. The molecule has 0 bridgehead atoms. The predicted molar refractivity (Wildman–Crippen MR) is 55.9 cm³/mol. The van der Waals surface area contributed by atoms with Gasteiger partial charge in [-0.05, 0) is 32.7 Å². The third kappa shape index (κ3) is 2.91. The van der Waals surface area contributed by atoms with Crippen LogP contribution in [0.1, 0.15) is 20.3 Å². The van der Waals surface area contributed by atoms with Gasteiger partial charge in [0.25, 0.3) is 10.2 Å². The van der Waals surface area contributed by atoms with Gasteiger partial charge >= 0.3 is 0 Å². The molecule has 1 saturated heterocycles. The van der Waals surface area contributed by atoms with Gasteiger partial charge in [0, 0.05) is 19.1 Å². The van der Waals surface area contributed by atoms with Crippen LogP contribution < -0.4 is 10.5 Å². The van der Waals surface area contributed by atoms with Crippen molar-refractivity contribution < 1.29 is 8.42 Å². The molecule has 6 heteroatoms. The Morgan fingerprint density at radius 2 is 2.21 bits per heavy atom. The van der Waals surface area contributed by atoms with Crippen molar-refractivity contribution in [2.75, 3.05) is 19.6 Å². The van der Waals surface area contributed by atoms with Gasteiger partial charge in [0.2, 0.25) is 0 Å². The quantitative estimate of drug-likeness (QED) is 0.672. The second-order valence-corrected chi connectivity index (χ2v) is 5.73. The fourth-order valence-corrected chi connectivity index (χ4v) is 3.08. The van der Waals surface area contributed by atoms with Gasteiger partial charge in [0.15, 0.2) is 0 Å². The molecule has 1 aliphatic rings. The largest absolute Gasteiger partial charge is 0.330 e. The maximum Gasteiger partial charge on any atom is 0.279 e. The van der Waals surface area contributed by atoms with E-state index < -0.39 is 10.2 Å². The Balaban J connectivity index is 2.57. The summed E-state index contributed by atoms with van der Waals surface area (Å²) in [6, 6.07) is -0.0584. The third-order valence-corrected chi connectivity index (χ3v) is 4.09. The first-order chi connectivity index (χ1) is 6.45. The molecule has 1 rings (SSSR count). The van der Waals surface area contributed by atoms with Crippen molar-refractivity contribution >= 4 is 10.2 Å². The molecule has 84 valence electrons. The number of hydrogen-bond donors (Lipinski definition) is 2. The van der Waals surface area contributed by atoms with Crippen LogP contribution in [0.2, 0.25) is 0 Å². The summed E-state index contributed by atoms with van der Waals surface area (Å²) in [5, 5.41) is 0. The molecule has 5 nitrogen and oxygen atoms in total. The normalized spacial score (nSPS) is 24.7. The number of nitrogens with one attached hydrogen (secondary N) is 1. The lowest BCUT2D eigenvalue weighted by Crippen LogP contribution is -2.42. The van der Waals surface area contributed by atoms with Crippen molar-refractivity contribution in [3.63, 3.8) is 0 Å². The molecule has 0 radical (unpaired) electrons. The molecule has 1 aliphatic heterocycles.